The number of aromatic nitrogens is 2. The minimum atomic E-state index is -0.394. The van der Waals surface area contributed by atoms with Gasteiger partial charge in [-0.1, -0.05) is 11.2 Å². The van der Waals surface area contributed by atoms with Gasteiger partial charge in [-0.25, -0.2) is 4.39 Å². The van der Waals surface area contributed by atoms with Gasteiger partial charge in [0.15, 0.2) is 6.61 Å². The van der Waals surface area contributed by atoms with Gasteiger partial charge in [-0.3, -0.25) is 9.69 Å². The summed E-state index contributed by atoms with van der Waals surface area (Å²) in [5.41, 5.74) is 0.851. The van der Waals surface area contributed by atoms with Crippen LogP contribution in [0.4, 0.5) is 4.39 Å². The van der Waals surface area contributed by atoms with Crippen molar-refractivity contribution in [2.24, 2.45) is 0 Å². The highest BCUT2D eigenvalue weighted by molar-refractivity contribution is 5.77. The Bertz CT molecular complexity index is 1020. The molecule has 0 unspecified atom stereocenters. The smallest absolute Gasteiger partial charge is 0.260 e. The van der Waals surface area contributed by atoms with Crippen LogP contribution in [-0.2, 0) is 11.3 Å². The van der Waals surface area contributed by atoms with Crippen LogP contribution in [-0.4, -0.2) is 65.7 Å². The van der Waals surface area contributed by atoms with Crippen LogP contribution in [0.15, 0.2) is 53.1 Å². The second kappa shape index (κ2) is 9.57. The summed E-state index contributed by atoms with van der Waals surface area (Å²) in [4.78, 5) is 20.7. The second-order valence-corrected chi connectivity index (χ2v) is 7.14. The van der Waals surface area contributed by atoms with Gasteiger partial charge in [0.25, 0.3) is 5.91 Å². The second-order valence-electron chi connectivity index (χ2n) is 7.14. The highest BCUT2D eigenvalue weighted by Crippen LogP contribution is 2.20. The number of hydrogen-bond acceptors (Lipinski definition) is 7. The third kappa shape index (κ3) is 5.37. The standard InChI is InChI=1S/C22H23FN4O4/c1-29-18-7-5-16(6-8-18)22-24-20(31-25-22)14-26-9-11-27(12-10-26)21(28)15-30-19-4-2-3-17(23)13-19/h2-8,13H,9-12,14-15H2,1H3. The lowest BCUT2D eigenvalue weighted by Gasteiger charge is -2.33. The van der Waals surface area contributed by atoms with E-state index in [0.29, 0.717) is 50.2 Å². The van der Waals surface area contributed by atoms with E-state index in [9.17, 15) is 9.18 Å². The first-order chi connectivity index (χ1) is 15.1. The van der Waals surface area contributed by atoms with Crippen molar-refractivity contribution in [1.82, 2.24) is 19.9 Å². The van der Waals surface area contributed by atoms with Crippen LogP contribution in [0.1, 0.15) is 5.89 Å². The number of rotatable bonds is 7. The third-order valence-corrected chi connectivity index (χ3v) is 5.06. The highest BCUT2D eigenvalue weighted by atomic mass is 19.1. The van der Waals surface area contributed by atoms with Crippen molar-refractivity contribution in [1.29, 1.82) is 0 Å². The number of amides is 1. The molecular formula is C22H23FN4O4. The topological polar surface area (TPSA) is 80.9 Å². The molecule has 0 atom stereocenters. The maximum Gasteiger partial charge on any atom is 0.260 e. The van der Waals surface area contributed by atoms with Crippen LogP contribution in [0.3, 0.4) is 0 Å². The summed E-state index contributed by atoms with van der Waals surface area (Å²) in [5.74, 6) is 1.65. The van der Waals surface area contributed by atoms with E-state index in [2.05, 4.69) is 15.0 Å². The quantitative estimate of drug-likeness (QED) is 0.574. The lowest BCUT2D eigenvalue weighted by Crippen LogP contribution is -2.49. The van der Waals surface area contributed by atoms with E-state index >= 15 is 0 Å². The van der Waals surface area contributed by atoms with Gasteiger partial charge in [0.05, 0.1) is 13.7 Å². The van der Waals surface area contributed by atoms with Crippen LogP contribution in [0.25, 0.3) is 11.4 Å². The van der Waals surface area contributed by atoms with Crippen molar-refractivity contribution >= 4 is 5.91 Å². The molecule has 0 N–H and O–H groups in total. The number of carbonyl (C=O) groups is 1. The minimum absolute atomic E-state index is 0.113. The fraction of sp³-hybridized carbons (Fsp3) is 0.318. The SMILES string of the molecule is COc1ccc(-c2noc(CN3CCN(C(=O)COc4cccc(F)c4)CC3)n2)cc1. The van der Waals surface area contributed by atoms with Crippen molar-refractivity contribution in [3.8, 4) is 22.9 Å². The Balaban J connectivity index is 1.24. The Morgan fingerprint density at radius 3 is 2.58 bits per heavy atom. The van der Waals surface area contributed by atoms with Crippen molar-refractivity contribution < 1.29 is 23.2 Å². The van der Waals surface area contributed by atoms with Crippen molar-refractivity contribution in [3.05, 3.63) is 60.2 Å². The predicted octanol–water partition coefficient (Wildman–Crippen LogP) is 2.61. The fourth-order valence-corrected chi connectivity index (χ4v) is 3.32. The van der Waals surface area contributed by atoms with Crippen molar-refractivity contribution in [2.75, 3.05) is 39.9 Å². The van der Waals surface area contributed by atoms with Gasteiger partial charge in [-0.15, -0.1) is 0 Å². The number of piperazine rings is 1. The number of benzene rings is 2. The van der Waals surface area contributed by atoms with Gasteiger partial charge in [0.1, 0.15) is 17.3 Å². The molecule has 3 aromatic rings. The average Bonchev–Trinajstić information content (AvgIpc) is 3.26. The normalized spacial score (nSPS) is 14.5. The molecule has 4 rings (SSSR count). The van der Waals surface area contributed by atoms with Crippen LogP contribution in [0, 0.1) is 5.82 Å². The zero-order valence-corrected chi connectivity index (χ0v) is 17.2. The van der Waals surface area contributed by atoms with Crippen LogP contribution >= 0.6 is 0 Å². The Morgan fingerprint density at radius 1 is 1.10 bits per heavy atom. The molecule has 0 spiro atoms. The Kier molecular flexibility index (Phi) is 6.42. The largest absolute Gasteiger partial charge is 0.497 e. The van der Waals surface area contributed by atoms with Gasteiger partial charge in [0, 0.05) is 37.8 Å². The summed E-state index contributed by atoms with van der Waals surface area (Å²) < 4.78 is 29.1. The Labute approximate surface area is 179 Å². The molecule has 1 saturated heterocycles. The molecular weight excluding hydrogens is 403 g/mol. The predicted molar refractivity (Wildman–Crippen MR) is 110 cm³/mol. The molecule has 1 aromatic heterocycles. The van der Waals surface area contributed by atoms with E-state index in [4.69, 9.17) is 14.0 Å². The Hall–Kier alpha value is -3.46. The van der Waals surface area contributed by atoms with Crippen molar-refractivity contribution in [3.63, 3.8) is 0 Å². The molecule has 1 fully saturated rings. The molecule has 0 bridgehead atoms. The lowest BCUT2D eigenvalue weighted by atomic mass is 10.2. The van der Waals surface area contributed by atoms with E-state index in [1.807, 2.05) is 24.3 Å². The van der Waals surface area contributed by atoms with Gasteiger partial charge in [0.2, 0.25) is 11.7 Å². The number of carbonyl (C=O) groups excluding carboxylic acids is 1. The van der Waals surface area contributed by atoms with E-state index in [1.54, 1.807) is 24.1 Å². The van der Waals surface area contributed by atoms with Crippen LogP contribution in [0.2, 0.25) is 0 Å². The molecule has 9 heteroatoms. The molecule has 31 heavy (non-hydrogen) atoms. The summed E-state index contributed by atoms with van der Waals surface area (Å²) in [6, 6.07) is 13.2. The number of ether oxygens (including phenoxy) is 2. The molecule has 0 saturated carbocycles. The van der Waals surface area contributed by atoms with E-state index in [-0.39, 0.29) is 12.5 Å². The molecule has 2 aromatic carbocycles. The molecule has 2 heterocycles. The zero-order valence-electron chi connectivity index (χ0n) is 17.2. The third-order valence-electron chi connectivity index (χ3n) is 5.06. The maximum absolute atomic E-state index is 13.2. The number of hydrogen-bond donors (Lipinski definition) is 0. The maximum atomic E-state index is 13.2. The van der Waals surface area contributed by atoms with Gasteiger partial charge in [-0.2, -0.15) is 4.98 Å². The molecule has 162 valence electrons. The Morgan fingerprint density at radius 2 is 1.87 bits per heavy atom. The molecule has 1 aliphatic rings. The molecule has 0 aliphatic carbocycles. The summed E-state index contributed by atoms with van der Waals surface area (Å²) in [6.07, 6.45) is 0. The monoisotopic (exact) mass is 426 g/mol. The summed E-state index contributed by atoms with van der Waals surface area (Å²) >= 11 is 0. The average molecular weight is 426 g/mol. The van der Waals surface area contributed by atoms with E-state index < -0.39 is 5.82 Å². The lowest BCUT2D eigenvalue weighted by molar-refractivity contribution is -0.135. The van der Waals surface area contributed by atoms with E-state index in [1.165, 1.54) is 12.1 Å². The fourth-order valence-electron chi connectivity index (χ4n) is 3.32. The van der Waals surface area contributed by atoms with Gasteiger partial charge < -0.3 is 18.9 Å². The zero-order chi connectivity index (χ0) is 21.6. The van der Waals surface area contributed by atoms with Gasteiger partial charge in [-0.05, 0) is 36.4 Å². The van der Waals surface area contributed by atoms with Gasteiger partial charge >= 0.3 is 0 Å². The first-order valence-corrected chi connectivity index (χ1v) is 9.96. The first-order valence-electron chi connectivity index (χ1n) is 9.96. The molecule has 8 nitrogen and oxygen atoms in total. The number of methoxy groups -OCH3 is 1. The number of halogens is 1. The summed E-state index contributed by atoms with van der Waals surface area (Å²) in [5, 5.41) is 4.05. The first kappa shape index (κ1) is 20.8. The van der Waals surface area contributed by atoms with Crippen LogP contribution in [0.5, 0.6) is 11.5 Å². The minimum Gasteiger partial charge on any atom is -0.497 e. The number of nitrogens with zero attached hydrogens (tertiary/aromatic N) is 4. The van der Waals surface area contributed by atoms with E-state index in [0.717, 1.165) is 11.3 Å². The molecule has 0 radical (unpaired) electrons. The van der Waals surface area contributed by atoms with Crippen LogP contribution < -0.4 is 9.47 Å². The van der Waals surface area contributed by atoms with Crippen molar-refractivity contribution in [2.45, 2.75) is 6.54 Å². The highest BCUT2D eigenvalue weighted by Gasteiger charge is 2.23. The summed E-state index contributed by atoms with van der Waals surface area (Å²) in [6.45, 7) is 2.93. The summed E-state index contributed by atoms with van der Waals surface area (Å²) in [7, 11) is 1.62. The molecule has 1 amide bonds. The molecule has 1 aliphatic heterocycles.